The summed E-state index contributed by atoms with van der Waals surface area (Å²) in [6.07, 6.45) is -1.23. The number of nitrogens with one attached hydrogen (secondary N) is 1. The molecule has 4 N–H and O–H groups in total. The molecule has 1 unspecified atom stereocenters. The van der Waals surface area contributed by atoms with Gasteiger partial charge in [-0.25, -0.2) is 0 Å². The number of para-hydroxylation sites is 1. The third kappa shape index (κ3) is 1.11. The average molecular weight is 179 g/mol. The monoisotopic (exact) mass is 179 g/mol. The lowest BCUT2D eigenvalue weighted by Crippen LogP contribution is -2.26. The Morgan fingerprint density at radius 2 is 1.85 bits per heavy atom. The van der Waals surface area contributed by atoms with E-state index in [4.69, 9.17) is 0 Å². The summed E-state index contributed by atoms with van der Waals surface area (Å²) < 4.78 is 0. The molecule has 0 aliphatic carbocycles. The summed E-state index contributed by atoms with van der Waals surface area (Å²) >= 11 is 0. The molecule has 4 heteroatoms. The second-order valence-corrected chi connectivity index (χ2v) is 2.83. The second kappa shape index (κ2) is 2.67. The molecule has 0 radical (unpaired) electrons. The fourth-order valence-electron chi connectivity index (χ4n) is 1.30. The zero-order valence-electron chi connectivity index (χ0n) is 6.73. The molecule has 4 nitrogen and oxygen atoms in total. The Kier molecular flexibility index (Phi) is 1.63. The molecule has 1 heterocycles. The molecule has 0 saturated heterocycles. The van der Waals surface area contributed by atoms with Gasteiger partial charge in [0.2, 0.25) is 0 Å². The van der Waals surface area contributed by atoms with Crippen LogP contribution in [0, 0.1) is 0 Å². The first-order valence-corrected chi connectivity index (χ1v) is 3.86. The predicted molar refractivity (Wildman–Crippen MR) is 48.2 cm³/mol. The quantitative estimate of drug-likeness (QED) is 0.483. The van der Waals surface area contributed by atoms with E-state index in [1.54, 1.807) is 24.3 Å². The number of hydrogen-bond donors (Lipinski definition) is 4. The van der Waals surface area contributed by atoms with Crippen molar-refractivity contribution < 1.29 is 15.3 Å². The van der Waals surface area contributed by atoms with Crippen molar-refractivity contribution in [1.29, 1.82) is 0 Å². The minimum Gasteiger partial charge on any atom is -0.505 e. The van der Waals surface area contributed by atoms with E-state index in [0.29, 0.717) is 11.3 Å². The van der Waals surface area contributed by atoms with Gasteiger partial charge in [0.15, 0.2) is 17.7 Å². The van der Waals surface area contributed by atoms with Gasteiger partial charge in [0.05, 0.1) is 0 Å². The molecule has 0 aromatic heterocycles. The molecule has 68 valence electrons. The van der Waals surface area contributed by atoms with E-state index in [0.717, 1.165) is 0 Å². The first-order valence-electron chi connectivity index (χ1n) is 3.86. The van der Waals surface area contributed by atoms with Gasteiger partial charge in [0.1, 0.15) is 0 Å². The second-order valence-electron chi connectivity index (χ2n) is 2.83. The number of aliphatic hydroxyl groups is 3. The molecule has 1 aromatic carbocycles. The van der Waals surface area contributed by atoms with Crippen LogP contribution in [0.15, 0.2) is 30.0 Å². The zero-order chi connectivity index (χ0) is 9.42. The van der Waals surface area contributed by atoms with E-state index in [9.17, 15) is 15.3 Å². The Labute approximate surface area is 74.8 Å². The zero-order valence-corrected chi connectivity index (χ0v) is 6.73. The van der Waals surface area contributed by atoms with E-state index in [2.05, 4.69) is 5.32 Å². The van der Waals surface area contributed by atoms with E-state index in [-0.39, 0.29) is 5.76 Å². The highest BCUT2D eigenvalue weighted by Crippen LogP contribution is 2.29. The van der Waals surface area contributed by atoms with Crippen molar-refractivity contribution in [3.63, 3.8) is 0 Å². The van der Waals surface area contributed by atoms with Gasteiger partial charge in [-0.05, 0) is 12.1 Å². The van der Waals surface area contributed by atoms with Crippen molar-refractivity contribution in [2.45, 2.75) is 6.23 Å². The summed E-state index contributed by atoms with van der Waals surface area (Å²) in [5, 5.41) is 30.5. The maximum absolute atomic E-state index is 9.43. The summed E-state index contributed by atoms with van der Waals surface area (Å²) in [7, 11) is 0. The van der Waals surface area contributed by atoms with E-state index >= 15 is 0 Å². The van der Waals surface area contributed by atoms with Crippen LogP contribution in [0.2, 0.25) is 0 Å². The van der Waals surface area contributed by atoms with Crippen LogP contribution in [0.4, 0.5) is 5.69 Å². The minimum atomic E-state index is -1.23. The van der Waals surface area contributed by atoms with Gasteiger partial charge in [-0.15, -0.1) is 0 Å². The van der Waals surface area contributed by atoms with Crippen LogP contribution in [0.1, 0.15) is 5.56 Å². The SMILES string of the molecule is OC1=C(O)C(O)Nc2ccccc21. The van der Waals surface area contributed by atoms with Gasteiger partial charge in [0, 0.05) is 11.3 Å². The topological polar surface area (TPSA) is 72.7 Å². The predicted octanol–water partition coefficient (Wildman–Crippen LogP) is 1.22. The van der Waals surface area contributed by atoms with Gasteiger partial charge in [-0.3, -0.25) is 0 Å². The van der Waals surface area contributed by atoms with E-state index in [1.165, 1.54) is 0 Å². The Bertz CT molecular complexity index is 373. The number of benzene rings is 1. The Morgan fingerprint density at radius 3 is 2.62 bits per heavy atom. The molecular formula is C9H9NO3. The Balaban J connectivity index is 2.59. The van der Waals surface area contributed by atoms with Crippen LogP contribution in [0.5, 0.6) is 0 Å². The van der Waals surface area contributed by atoms with Crippen LogP contribution in [-0.2, 0) is 0 Å². The normalized spacial score (nSPS) is 20.8. The summed E-state index contributed by atoms with van der Waals surface area (Å²) in [6, 6.07) is 6.87. The van der Waals surface area contributed by atoms with Crippen molar-refractivity contribution in [1.82, 2.24) is 0 Å². The van der Waals surface area contributed by atoms with Gasteiger partial charge in [0.25, 0.3) is 0 Å². The molecule has 13 heavy (non-hydrogen) atoms. The smallest absolute Gasteiger partial charge is 0.187 e. The maximum Gasteiger partial charge on any atom is 0.187 e. The number of fused-ring (bicyclic) bond motifs is 1. The van der Waals surface area contributed by atoms with Crippen molar-refractivity contribution in [3.05, 3.63) is 35.6 Å². The molecule has 0 spiro atoms. The lowest BCUT2D eigenvalue weighted by molar-refractivity contribution is 0.170. The molecule has 2 rings (SSSR count). The lowest BCUT2D eigenvalue weighted by Gasteiger charge is -2.22. The van der Waals surface area contributed by atoms with E-state index in [1.807, 2.05) is 0 Å². The van der Waals surface area contributed by atoms with Gasteiger partial charge >= 0.3 is 0 Å². The van der Waals surface area contributed by atoms with Crippen LogP contribution >= 0.6 is 0 Å². The standard InChI is InChI=1S/C9H9NO3/c11-7-5-3-1-2-4-6(5)10-9(13)8(7)12/h1-4,9-13H. The lowest BCUT2D eigenvalue weighted by atomic mass is 10.1. The van der Waals surface area contributed by atoms with Crippen molar-refractivity contribution in [2.75, 3.05) is 5.32 Å². The first kappa shape index (κ1) is 7.94. The highest BCUT2D eigenvalue weighted by atomic mass is 16.4. The average Bonchev–Trinajstić information content (AvgIpc) is 2.15. The maximum atomic E-state index is 9.43. The summed E-state index contributed by atoms with van der Waals surface area (Å²) in [6.45, 7) is 0. The number of aliphatic hydroxyl groups excluding tert-OH is 3. The molecular weight excluding hydrogens is 170 g/mol. The van der Waals surface area contributed by atoms with Crippen LogP contribution in [-0.4, -0.2) is 21.5 Å². The molecule has 0 saturated carbocycles. The van der Waals surface area contributed by atoms with Gasteiger partial charge in [-0.2, -0.15) is 0 Å². The van der Waals surface area contributed by atoms with Crippen molar-refractivity contribution in [3.8, 4) is 0 Å². The van der Waals surface area contributed by atoms with Gasteiger partial charge in [-0.1, -0.05) is 12.1 Å². The highest BCUT2D eigenvalue weighted by molar-refractivity contribution is 5.76. The molecule has 1 atom stereocenters. The van der Waals surface area contributed by atoms with E-state index < -0.39 is 12.0 Å². The van der Waals surface area contributed by atoms with Crippen molar-refractivity contribution in [2.24, 2.45) is 0 Å². The van der Waals surface area contributed by atoms with Crippen LogP contribution in [0.25, 0.3) is 5.76 Å². The van der Waals surface area contributed by atoms with Crippen LogP contribution in [0.3, 0.4) is 0 Å². The first-order chi connectivity index (χ1) is 6.20. The number of hydrogen-bond acceptors (Lipinski definition) is 4. The third-order valence-corrected chi connectivity index (χ3v) is 1.98. The molecule has 0 amide bonds. The Hall–Kier alpha value is -1.68. The van der Waals surface area contributed by atoms with Gasteiger partial charge < -0.3 is 20.6 Å². The third-order valence-electron chi connectivity index (χ3n) is 1.98. The fraction of sp³-hybridized carbons (Fsp3) is 0.111. The number of rotatable bonds is 0. The summed E-state index contributed by atoms with van der Waals surface area (Å²) in [5.41, 5.74) is 1.09. The molecule has 0 fully saturated rings. The summed E-state index contributed by atoms with van der Waals surface area (Å²) in [4.78, 5) is 0. The summed E-state index contributed by atoms with van der Waals surface area (Å²) in [5.74, 6) is -0.722. The molecule has 1 aliphatic heterocycles. The fourth-order valence-corrected chi connectivity index (χ4v) is 1.30. The van der Waals surface area contributed by atoms with Crippen LogP contribution < -0.4 is 5.32 Å². The largest absolute Gasteiger partial charge is 0.505 e. The van der Waals surface area contributed by atoms with Crippen molar-refractivity contribution >= 4 is 11.4 Å². The number of anilines is 1. The minimum absolute atomic E-state index is 0.276. The molecule has 1 aliphatic rings. The Morgan fingerprint density at radius 1 is 1.15 bits per heavy atom. The molecule has 0 bridgehead atoms. The molecule has 1 aromatic rings. The highest BCUT2D eigenvalue weighted by Gasteiger charge is 2.23.